The largest absolute Gasteiger partial charge is 0.377 e. The molecule has 8 heteroatoms. The summed E-state index contributed by atoms with van der Waals surface area (Å²) in [5.41, 5.74) is 2.37. The predicted octanol–water partition coefficient (Wildman–Crippen LogP) is 6.69. The number of aliphatic imine (C=N–C) groups is 1. The van der Waals surface area contributed by atoms with Crippen LogP contribution in [0.1, 0.15) is 11.1 Å². The van der Waals surface area contributed by atoms with E-state index in [0.29, 0.717) is 15.1 Å². The average molecular weight is 544 g/mol. The predicted molar refractivity (Wildman–Crippen MR) is 120 cm³/mol. The first-order valence-corrected chi connectivity index (χ1v) is 11.4. The average Bonchev–Trinajstić information content (AvgIpc) is 2.64. The van der Waals surface area contributed by atoms with Gasteiger partial charge in [0.25, 0.3) is 0 Å². The van der Waals surface area contributed by atoms with Crippen LogP contribution in [0.4, 0.5) is 5.69 Å². The number of rotatable bonds is 5. The third-order valence-corrected chi connectivity index (χ3v) is 6.25. The molecule has 0 aliphatic heterocycles. The van der Waals surface area contributed by atoms with E-state index in [1.165, 1.54) is 24.3 Å². The van der Waals surface area contributed by atoms with Gasteiger partial charge >= 0.3 is 10.1 Å². The molecule has 0 radical (unpaired) electrons. The summed E-state index contributed by atoms with van der Waals surface area (Å²) in [6, 6.07) is 16.9. The number of nitrogens with zero attached hydrogens (tertiary/aromatic N) is 1. The van der Waals surface area contributed by atoms with Gasteiger partial charge in [0.15, 0.2) is 5.75 Å². The molecule has 0 aliphatic carbocycles. The van der Waals surface area contributed by atoms with Crippen molar-refractivity contribution in [2.24, 2.45) is 4.99 Å². The quantitative estimate of drug-likeness (QED) is 0.266. The first-order chi connectivity index (χ1) is 13.2. The maximum Gasteiger partial charge on any atom is 0.339 e. The van der Waals surface area contributed by atoms with E-state index in [9.17, 15) is 8.42 Å². The van der Waals surface area contributed by atoms with Gasteiger partial charge in [-0.05, 0) is 71.4 Å². The maximum absolute atomic E-state index is 12.7. The molecule has 4 nitrogen and oxygen atoms in total. The van der Waals surface area contributed by atoms with Gasteiger partial charge in [-0.3, -0.25) is 4.99 Å². The lowest BCUT2D eigenvalue weighted by Crippen LogP contribution is -2.11. The Kier molecular flexibility index (Phi) is 6.60. The van der Waals surface area contributed by atoms with Crippen LogP contribution in [0.15, 0.2) is 79.5 Å². The Balaban J connectivity index is 1.98. The molecule has 0 N–H and O–H groups in total. The molecule has 0 fully saturated rings. The molecule has 0 atom stereocenters. The fraction of sp³-hybridized carbons (Fsp3) is 0.0500. The molecule has 28 heavy (non-hydrogen) atoms. The van der Waals surface area contributed by atoms with E-state index in [1.54, 1.807) is 18.3 Å². The summed E-state index contributed by atoms with van der Waals surface area (Å²) >= 11 is 12.6. The minimum absolute atomic E-state index is 0.00754. The van der Waals surface area contributed by atoms with Crippen LogP contribution in [-0.4, -0.2) is 14.6 Å². The summed E-state index contributed by atoms with van der Waals surface area (Å²) in [6.07, 6.45) is 1.56. The van der Waals surface area contributed by atoms with E-state index >= 15 is 0 Å². The molecule has 0 aliphatic rings. The van der Waals surface area contributed by atoms with Crippen molar-refractivity contribution in [3.63, 3.8) is 0 Å². The summed E-state index contributed by atoms with van der Waals surface area (Å²) in [4.78, 5) is 4.42. The zero-order chi connectivity index (χ0) is 20.3. The Morgan fingerprint density at radius 2 is 1.64 bits per heavy atom. The maximum atomic E-state index is 12.7. The Morgan fingerprint density at radius 1 is 1.00 bits per heavy atom. The molecule has 3 aromatic carbocycles. The van der Waals surface area contributed by atoms with E-state index in [-0.39, 0.29) is 10.6 Å². The Hall–Kier alpha value is -1.67. The first-order valence-electron chi connectivity index (χ1n) is 8.04. The SMILES string of the molecule is Cc1ccc(N=Cc2cc(Br)cc(Br)c2OS(=O)(=O)c2ccc(Cl)cc2)cc1. The standard InChI is InChI=1S/C20H14Br2ClNO3S/c1-13-2-6-17(7-3-13)24-12-14-10-15(21)11-19(22)20(14)27-28(25,26)18-8-4-16(23)5-9-18/h2-12H,1H3. The summed E-state index contributed by atoms with van der Waals surface area (Å²) in [5, 5.41) is 0.440. The van der Waals surface area contributed by atoms with Gasteiger partial charge in [0, 0.05) is 21.3 Å². The Bertz CT molecular complexity index is 1130. The van der Waals surface area contributed by atoms with E-state index in [4.69, 9.17) is 15.8 Å². The Morgan fingerprint density at radius 3 is 2.29 bits per heavy atom. The van der Waals surface area contributed by atoms with Crippen molar-refractivity contribution in [3.8, 4) is 5.75 Å². The second-order valence-electron chi connectivity index (χ2n) is 5.89. The summed E-state index contributed by atoms with van der Waals surface area (Å²) < 4.78 is 32.0. The van der Waals surface area contributed by atoms with Crippen LogP contribution in [0.2, 0.25) is 5.02 Å². The molecule has 0 saturated carbocycles. The van der Waals surface area contributed by atoms with Crippen molar-refractivity contribution >= 4 is 65.5 Å². The monoisotopic (exact) mass is 541 g/mol. The molecule has 3 aromatic rings. The van der Waals surface area contributed by atoms with Crippen molar-refractivity contribution in [3.05, 3.63) is 85.8 Å². The van der Waals surface area contributed by atoms with Gasteiger partial charge < -0.3 is 4.18 Å². The zero-order valence-corrected chi connectivity index (χ0v) is 19.3. The second kappa shape index (κ2) is 8.78. The minimum atomic E-state index is -4.04. The molecule has 0 unspecified atom stereocenters. The number of aryl methyl sites for hydroxylation is 1. The molecule has 0 aromatic heterocycles. The summed E-state index contributed by atoms with van der Waals surface area (Å²) in [7, 11) is -4.04. The van der Waals surface area contributed by atoms with Gasteiger partial charge in [-0.1, -0.05) is 45.2 Å². The fourth-order valence-corrected chi connectivity index (χ4v) is 4.84. The Labute approximate surface area is 185 Å². The molecular weight excluding hydrogens is 530 g/mol. The summed E-state index contributed by atoms with van der Waals surface area (Å²) in [5.74, 6) is 0.147. The highest BCUT2D eigenvalue weighted by Crippen LogP contribution is 2.34. The van der Waals surface area contributed by atoms with Crippen LogP contribution in [0.5, 0.6) is 5.75 Å². The molecule has 0 amide bonds. The highest BCUT2D eigenvalue weighted by molar-refractivity contribution is 9.11. The lowest BCUT2D eigenvalue weighted by atomic mass is 10.2. The minimum Gasteiger partial charge on any atom is -0.377 e. The van der Waals surface area contributed by atoms with Crippen LogP contribution in [0.3, 0.4) is 0 Å². The van der Waals surface area contributed by atoms with Crippen molar-refractivity contribution in [1.29, 1.82) is 0 Å². The summed E-state index contributed by atoms with van der Waals surface area (Å²) in [6.45, 7) is 1.99. The number of benzene rings is 3. The smallest absolute Gasteiger partial charge is 0.339 e. The highest BCUT2D eigenvalue weighted by Gasteiger charge is 2.20. The van der Waals surface area contributed by atoms with E-state index in [0.717, 1.165) is 15.7 Å². The van der Waals surface area contributed by atoms with Crippen LogP contribution in [0, 0.1) is 6.92 Å². The fourth-order valence-electron chi connectivity index (χ4n) is 2.30. The van der Waals surface area contributed by atoms with Crippen molar-refractivity contribution in [2.45, 2.75) is 11.8 Å². The highest BCUT2D eigenvalue weighted by atomic mass is 79.9. The van der Waals surface area contributed by atoms with Gasteiger partial charge in [0.05, 0.1) is 10.2 Å². The molecular formula is C20H14Br2ClNO3S. The van der Waals surface area contributed by atoms with Gasteiger partial charge in [-0.25, -0.2) is 0 Å². The third kappa shape index (κ3) is 5.23. The number of halogens is 3. The van der Waals surface area contributed by atoms with E-state index in [2.05, 4.69) is 36.9 Å². The first kappa shape index (κ1) is 21.0. The molecule has 3 rings (SSSR count). The zero-order valence-electron chi connectivity index (χ0n) is 14.6. The number of hydrogen-bond acceptors (Lipinski definition) is 4. The number of hydrogen-bond donors (Lipinski definition) is 0. The van der Waals surface area contributed by atoms with Crippen LogP contribution in [0.25, 0.3) is 0 Å². The van der Waals surface area contributed by atoms with Crippen LogP contribution in [-0.2, 0) is 10.1 Å². The van der Waals surface area contributed by atoms with Gasteiger partial charge in [0.1, 0.15) is 4.90 Å². The van der Waals surface area contributed by atoms with Gasteiger partial charge in [-0.15, -0.1) is 0 Å². The van der Waals surface area contributed by atoms with E-state index in [1.807, 2.05) is 31.2 Å². The third-order valence-electron chi connectivity index (χ3n) is 3.72. The van der Waals surface area contributed by atoms with Crippen LogP contribution >= 0.6 is 43.5 Å². The van der Waals surface area contributed by atoms with Gasteiger partial charge in [-0.2, -0.15) is 8.42 Å². The lowest BCUT2D eigenvalue weighted by Gasteiger charge is -2.12. The molecule has 144 valence electrons. The second-order valence-corrected chi connectivity index (χ2v) is 9.64. The molecule has 0 saturated heterocycles. The van der Waals surface area contributed by atoms with Crippen molar-refractivity contribution in [2.75, 3.05) is 0 Å². The topological polar surface area (TPSA) is 55.7 Å². The van der Waals surface area contributed by atoms with Crippen molar-refractivity contribution in [1.82, 2.24) is 0 Å². The molecule has 0 bridgehead atoms. The van der Waals surface area contributed by atoms with Crippen LogP contribution < -0.4 is 4.18 Å². The molecule has 0 spiro atoms. The lowest BCUT2D eigenvalue weighted by molar-refractivity contribution is 0.484. The van der Waals surface area contributed by atoms with E-state index < -0.39 is 10.1 Å². The molecule has 0 heterocycles. The van der Waals surface area contributed by atoms with Crippen molar-refractivity contribution < 1.29 is 12.6 Å². The normalized spacial score (nSPS) is 11.7. The van der Waals surface area contributed by atoms with Gasteiger partial charge in [0.2, 0.25) is 0 Å².